The Hall–Kier alpha value is -2.30. The molecule has 0 amide bonds. The Morgan fingerprint density at radius 2 is 1.34 bits per heavy atom. The molecule has 0 bridgehead atoms. The van der Waals surface area contributed by atoms with Gasteiger partial charge in [-0.25, -0.2) is 16.8 Å². The van der Waals surface area contributed by atoms with E-state index in [0.29, 0.717) is 31.9 Å². The lowest BCUT2D eigenvalue weighted by Gasteiger charge is -2.40. The van der Waals surface area contributed by atoms with Crippen LogP contribution in [0.15, 0.2) is 53.4 Å². The van der Waals surface area contributed by atoms with E-state index in [9.17, 15) is 16.8 Å². The molecule has 32 heavy (non-hydrogen) atoms. The third kappa shape index (κ3) is 4.57. The van der Waals surface area contributed by atoms with E-state index < -0.39 is 31.0 Å². The highest BCUT2D eigenvalue weighted by atomic mass is 32.2. The predicted molar refractivity (Wildman–Crippen MR) is 123 cm³/mol. The van der Waals surface area contributed by atoms with Gasteiger partial charge in [0.2, 0.25) is 0 Å². The minimum atomic E-state index is -3.81. The summed E-state index contributed by atoms with van der Waals surface area (Å²) in [6.45, 7) is 2.58. The fourth-order valence-electron chi connectivity index (χ4n) is 4.48. The van der Waals surface area contributed by atoms with Crippen molar-refractivity contribution in [3.8, 4) is 11.5 Å². The molecule has 10 heteroatoms. The van der Waals surface area contributed by atoms with Crippen molar-refractivity contribution < 1.29 is 26.3 Å². The van der Waals surface area contributed by atoms with Crippen LogP contribution >= 0.6 is 0 Å². The van der Waals surface area contributed by atoms with Gasteiger partial charge >= 0.3 is 0 Å². The van der Waals surface area contributed by atoms with Gasteiger partial charge in [-0.05, 0) is 48.5 Å². The van der Waals surface area contributed by atoms with Crippen LogP contribution in [0.3, 0.4) is 0 Å². The molecule has 0 saturated carbocycles. The lowest BCUT2D eigenvalue weighted by molar-refractivity contribution is 0.201. The van der Waals surface area contributed by atoms with E-state index in [-0.39, 0.29) is 16.4 Å². The number of ether oxygens (including phenoxy) is 2. The molecule has 174 valence electrons. The van der Waals surface area contributed by atoms with E-state index in [0.717, 1.165) is 11.4 Å². The summed E-state index contributed by atoms with van der Waals surface area (Å²) in [6, 6.07) is 13.4. The maximum Gasteiger partial charge on any atom is 0.183 e. The van der Waals surface area contributed by atoms with Crippen LogP contribution in [0.5, 0.6) is 11.5 Å². The first-order valence-corrected chi connectivity index (χ1v) is 13.8. The van der Waals surface area contributed by atoms with Crippen LogP contribution in [0.4, 0.5) is 5.69 Å². The molecule has 2 aromatic rings. The first kappa shape index (κ1) is 22.9. The number of hydrogen-bond donors (Lipinski definition) is 0. The van der Waals surface area contributed by atoms with Gasteiger partial charge in [-0.3, -0.25) is 4.90 Å². The fraction of sp³-hybridized carbons (Fsp3) is 0.455. The first-order valence-electron chi connectivity index (χ1n) is 10.4. The molecule has 0 spiro atoms. The smallest absolute Gasteiger partial charge is 0.183 e. The maximum absolute atomic E-state index is 13.4. The number of hydrogen-bond acceptors (Lipinski definition) is 8. The summed E-state index contributed by atoms with van der Waals surface area (Å²) in [5.41, 5.74) is 1.06. The van der Waals surface area contributed by atoms with Crippen molar-refractivity contribution in [3.05, 3.63) is 48.5 Å². The number of methoxy groups -OCH3 is 2. The minimum absolute atomic E-state index is 0.127. The van der Waals surface area contributed by atoms with Crippen molar-refractivity contribution in [2.75, 3.05) is 56.8 Å². The minimum Gasteiger partial charge on any atom is -0.497 e. The standard InChI is InChI=1S/C22H28N2O6S2/c1-29-18-5-3-17(4-6-18)23-11-13-24(14-12-23)21-15-31(25,26)16-22(21)32(27,28)20-9-7-19(30-2)8-10-20/h3-10,21-22H,11-16H2,1-2H3/t21-,22-/m0/s1. The van der Waals surface area contributed by atoms with Crippen molar-refractivity contribution in [3.63, 3.8) is 0 Å². The second-order valence-corrected chi connectivity index (χ2v) is 12.4. The second kappa shape index (κ2) is 8.92. The van der Waals surface area contributed by atoms with Crippen LogP contribution in [-0.2, 0) is 19.7 Å². The molecular weight excluding hydrogens is 452 g/mol. The van der Waals surface area contributed by atoms with E-state index in [1.807, 2.05) is 29.2 Å². The van der Waals surface area contributed by atoms with Gasteiger partial charge in [-0.2, -0.15) is 0 Å². The summed E-state index contributed by atoms with van der Waals surface area (Å²) < 4.78 is 62.0. The molecule has 0 radical (unpaired) electrons. The zero-order valence-electron chi connectivity index (χ0n) is 18.2. The van der Waals surface area contributed by atoms with Crippen LogP contribution in [0, 0.1) is 0 Å². The highest BCUT2D eigenvalue weighted by molar-refractivity contribution is 7.96. The van der Waals surface area contributed by atoms with Crippen LogP contribution in [-0.4, -0.2) is 84.9 Å². The molecule has 2 aliphatic heterocycles. The lowest BCUT2D eigenvalue weighted by Crippen LogP contribution is -2.55. The molecule has 0 unspecified atom stereocenters. The van der Waals surface area contributed by atoms with Crippen molar-refractivity contribution in [2.45, 2.75) is 16.2 Å². The molecule has 2 saturated heterocycles. The van der Waals surface area contributed by atoms with Gasteiger partial charge in [0.25, 0.3) is 0 Å². The van der Waals surface area contributed by atoms with Crippen molar-refractivity contribution in [2.24, 2.45) is 0 Å². The predicted octanol–water partition coefficient (Wildman–Crippen LogP) is 1.47. The third-order valence-electron chi connectivity index (χ3n) is 6.28. The average Bonchev–Trinajstić information content (AvgIpc) is 3.15. The van der Waals surface area contributed by atoms with E-state index in [1.54, 1.807) is 19.2 Å². The Kier molecular flexibility index (Phi) is 6.37. The van der Waals surface area contributed by atoms with Gasteiger partial charge in [0.1, 0.15) is 11.5 Å². The van der Waals surface area contributed by atoms with Gasteiger partial charge in [0, 0.05) is 37.9 Å². The van der Waals surface area contributed by atoms with Crippen molar-refractivity contribution in [1.29, 1.82) is 0 Å². The molecule has 8 nitrogen and oxygen atoms in total. The van der Waals surface area contributed by atoms with Gasteiger partial charge in [-0.1, -0.05) is 0 Å². The topological polar surface area (TPSA) is 93.2 Å². The Morgan fingerprint density at radius 3 is 1.88 bits per heavy atom. The SMILES string of the molecule is COc1ccc(N2CCN([C@H]3CS(=O)(=O)C[C@@H]3S(=O)(=O)c3ccc(OC)cc3)CC2)cc1. The molecule has 2 fully saturated rings. The number of rotatable bonds is 6. The van der Waals surface area contributed by atoms with E-state index in [4.69, 9.17) is 9.47 Å². The number of sulfone groups is 2. The van der Waals surface area contributed by atoms with Gasteiger partial charge < -0.3 is 14.4 Å². The van der Waals surface area contributed by atoms with E-state index in [2.05, 4.69) is 4.90 Å². The lowest BCUT2D eigenvalue weighted by atomic mass is 10.1. The number of anilines is 1. The fourth-order valence-corrected chi connectivity index (χ4v) is 9.31. The van der Waals surface area contributed by atoms with E-state index in [1.165, 1.54) is 19.2 Å². The quantitative estimate of drug-likeness (QED) is 0.614. The van der Waals surface area contributed by atoms with Crippen molar-refractivity contribution >= 4 is 25.4 Å². The Labute approximate surface area is 189 Å². The number of piperazine rings is 1. The summed E-state index contributed by atoms with van der Waals surface area (Å²) in [7, 11) is -4.12. The van der Waals surface area contributed by atoms with Crippen LogP contribution in [0.25, 0.3) is 0 Å². The second-order valence-electron chi connectivity index (χ2n) is 8.12. The van der Waals surface area contributed by atoms with Crippen LogP contribution in [0.2, 0.25) is 0 Å². The number of nitrogens with zero attached hydrogens (tertiary/aromatic N) is 2. The summed E-state index contributed by atoms with van der Waals surface area (Å²) >= 11 is 0. The third-order valence-corrected chi connectivity index (χ3v) is 10.4. The molecule has 0 N–H and O–H groups in total. The van der Waals surface area contributed by atoms with Crippen LogP contribution in [0.1, 0.15) is 0 Å². The first-order chi connectivity index (χ1) is 15.2. The van der Waals surface area contributed by atoms with Crippen LogP contribution < -0.4 is 14.4 Å². The molecule has 2 heterocycles. The molecule has 2 aliphatic rings. The zero-order chi connectivity index (χ0) is 22.9. The normalized spacial score (nSPS) is 23.8. The molecule has 0 aliphatic carbocycles. The van der Waals surface area contributed by atoms with Gasteiger partial charge in [0.15, 0.2) is 19.7 Å². The summed E-state index contributed by atoms with van der Waals surface area (Å²) in [6.07, 6.45) is 0. The van der Waals surface area contributed by atoms with Crippen molar-refractivity contribution in [1.82, 2.24) is 4.90 Å². The maximum atomic E-state index is 13.4. The molecule has 4 rings (SSSR count). The largest absolute Gasteiger partial charge is 0.497 e. The summed E-state index contributed by atoms with van der Waals surface area (Å²) in [5, 5.41) is -0.978. The summed E-state index contributed by atoms with van der Waals surface area (Å²) in [5.74, 6) is 0.865. The van der Waals surface area contributed by atoms with Gasteiger partial charge in [0.05, 0.1) is 35.9 Å². The molecule has 0 aromatic heterocycles. The van der Waals surface area contributed by atoms with Gasteiger partial charge in [-0.15, -0.1) is 0 Å². The zero-order valence-corrected chi connectivity index (χ0v) is 19.8. The van der Waals surface area contributed by atoms with E-state index >= 15 is 0 Å². The molecular formula is C22H28N2O6S2. The Bertz CT molecular complexity index is 1140. The Morgan fingerprint density at radius 1 is 0.812 bits per heavy atom. The monoisotopic (exact) mass is 480 g/mol. The molecule has 2 aromatic carbocycles. The highest BCUT2D eigenvalue weighted by Gasteiger charge is 2.48. The highest BCUT2D eigenvalue weighted by Crippen LogP contribution is 2.31. The Balaban J connectivity index is 1.51. The summed E-state index contributed by atoms with van der Waals surface area (Å²) in [4.78, 5) is 4.37. The molecule has 2 atom stereocenters. The average molecular weight is 481 g/mol. The number of benzene rings is 2.